The lowest BCUT2D eigenvalue weighted by molar-refractivity contribution is 0.0944. The Morgan fingerprint density at radius 2 is 1.91 bits per heavy atom. The molecule has 1 aromatic carbocycles. The Balaban J connectivity index is 1.66. The van der Waals surface area contributed by atoms with Gasteiger partial charge in [-0.25, -0.2) is 0 Å². The third-order valence-corrected chi connectivity index (χ3v) is 4.08. The van der Waals surface area contributed by atoms with Crippen LogP contribution in [0, 0.1) is 0 Å². The van der Waals surface area contributed by atoms with Crippen LogP contribution in [-0.2, 0) is 0 Å². The lowest BCUT2D eigenvalue weighted by Gasteiger charge is -2.21. The minimum atomic E-state index is -0.0331. The monoisotopic (exact) mass is 296 g/mol. The van der Waals surface area contributed by atoms with E-state index in [1.165, 1.54) is 18.4 Å². The number of rotatable bonds is 4. The number of carbonyl (C=O) groups is 1. The maximum Gasteiger partial charge on any atom is 0.251 e. The minimum absolute atomic E-state index is 0.0331. The van der Waals surface area contributed by atoms with Crippen molar-refractivity contribution in [1.82, 2.24) is 20.1 Å². The summed E-state index contributed by atoms with van der Waals surface area (Å²) in [5.74, 6) is -0.0331. The van der Waals surface area contributed by atoms with Crippen LogP contribution in [0.5, 0.6) is 0 Å². The number of aromatic nitrogens is 3. The molecule has 0 bridgehead atoms. The van der Waals surface area contributed by atoms with Crippen molar-refractivity contribution >= 4 is 5.91 Å². The van der Waals surface area contributed by atoms with Gasteiger partial charge in [-0.05, 0) is 56.9 Å². The molecule has 1 amide bonds. The SMILES string of the molecule is C[C@@H](NC(=O)c1ccc(-n2cnnc2)cc1)C1=CCCCC1. The first-order chi connectivity index (χ1) is 10.7. The first-order valence-corrected chi connectivity index (χ1v) is 7.69. The highest BCUT2D eigenvalue weighted by atomic mass is 16.1. The molecule has 1 N–H and O–H groups in total. The summed E-state index contributed by atoms with van der Waals surface area (Å²) in [7, 11) is 0. The van der Waals surface area contributed by atoms with E-state index in [2.05, 4.69) is 28.5 Å². The molecule has 1 aliphatic rings. The van der Waals surface area contributed by atoms with E-state index in [4.69, 9.17) is 0 Å². The first-order valence-electron chi connectivity index (χ1n) is 7.69. The highest BCUT2D eigenvalue weighted by Crippen LogP contribution is 2.20. The van der Waals surface area contributed by atoms with Gasteiger partial charge in [0.1, 0.15) is 12.7 Å². The molecule has 0 unspecified atom stereocenters. The van der Waals surface area contributed by atoms with E-state index in [0.29, 0.717) is 5.56 Å². The van der Waals surface area contributed by atoms with Gasteiger partial charge in [0, 0.05) is 17.3 Å². The van der Waals surface area contributed by atoms with E-state index < -0.39 is 0 Å². The molecule has 5 heteroatoms. The molecule has 1 heterocycles. The number of nitrogens with zero attached hydrogens (tertiary/aromatic N) is 3. The minimum Gasteiger partial charge on any atom is -0.346 e. The molecule has 2 aromatic rings. The number of amides is 1. The molecule has 5 nitrogen and oxygen atoms in total. The summed E-state index contributed by atoms with van der Waals surface area (Å²) in [5, 5.41) is 10.6. The fraction of sp³-hybridized carbons (Fsp3) is 0.353. The standard InChI is InChI=1S/C17H20N4O/c1-13(14-5-3-2-4-6-14)20-17(22)15-7-9-16(10-8-15)21-11-18-19-12-21/h5,7-13H,2-4,6H2,1H3,(H,20,22)/t13-/m1/s1. The van der Waals surface area contributed by atoms with Crippen molar-refractivity contribution in [3.63, 3.8) is 0 Å². The Labute approximate surface area is 130 Å². The Morgan fingerprint density at radius 3 is 2.55 bits per heavy atom. The zero-order valence-corrected chi connectivity index (χ0v) is 12.7. The second-order valence-corrected chi connectivity index (χ2v) is 5.64. The zero-order chi connectivity index (χ0) is 15.4. The predicted octanol–water partition coefficient (Wildman–Crippen LogP) is 2.89. The smallest absolute Gasteiger partial charge is 0.251 e. The van der Waals surface area contributed by atoms with Crippen molar-refractivity contribution in [2.24, 2.45) is 0 Å². The van der Waals surface area contributed by atoms with Gasteiger partial charge in [-0.2, -0.15) is 0 Å². The first kappa shape index (κ1) is 14.5. The fourth-order valence-corrected chi connectivity index (χ4v) is 2.75. The van der Waals surface area contributed by atoms with E-state index in [-0.39, 0.29) is 11.9 Å². The van der Waals surface area contributed by atoms with Gasteiger partial charge in [-0.3, -0.25) is 9.36 Å². The summed E-state index contributed by atoms with van der Waals surface area (Å²) in [6.07, 6.45) is 10.2. The summed E-state index contributed by atoms with van der Waals surface area (Å²) < 4.78 is 1.80. The molecule has 1 aromatic heterocycles. The topological polar surface area (TPSA) is 59.8 Å². The second kappa shape index (κ2) is 6.56. The summed E-state index contributed by atoms with van der Waals surface area (Å²) >= 11 is 0. The van der Waals surface area contributed by atoms with Crippen molar-refractivity contribution in [3.05, 3.63) is 54.1 Å². The number of hydrogen-bond acceptors (Lipinski definition) is 3. The zero-order valence-electron chi connectivity index (χ0n) is 12.7. The maximum atomic E-state index is 12.3. The average Bonchev–Trinajstić information content (AvgIpc) is 3.10. The highest BCUT2D eigenvalue weighted by molar-refractivity contribution is 5.94. The molecule has 0 spiro atoms. The number of allylic oxidation sites excluding steroid dienone is 1. The van der Waals surface area contributed by atoms with E-state index in [1.807, 2.05) is 24.3 Å². The Morgan fingerprint density at radius 1 is 1.18 bits per heavy atom. The van der Waals surface area contributed by atoms with Crippen LogP contribution >= 0.6 is 0 Å². The molecule has 0 saturated carbocycles. The molecule has 114 valence electrons. The van der Waals surface area contributed by atoms with E-state index in [9.17, 15) is 4.79 Å². The van der Waals surface area contributed by atoms with Crippen molar-refractivity contribution < 1.29 is 4.79 Å². The third kappa shape index (κ3) is 3.24. The second-order valence-electron chi connectivity index (χ2n) is 5.64. The summed E-state index contributed by atoms with van der Waals surface area (Å²) in [6, 6.07) is 7.54. The fourth-order valence-electron chi connectivity index (χ4n) is 2.75. The van der Waals surface area contributed by atoms with Gasteiger partial charge in [0.15, 0.2) is 0 Å². The molecular weight excluding hydrogens is 276 g/mol. The Bertz CT molecular complexity index is 658. The van der Waals surface area contributed by atoms with E-state index in [0.717, 1.165) is 18.5 Å². The number of carbonyl (C=O) groups excluding carboxylic acids is 1. The maximum absolute atomic E-state index is 12.3. The number of nitrogens with one attached hydrogen (secondary N) is 1. The van der Waals surface area contributed by atoms with E-state index >= 15 is 0 Å². The van der Waals surface area contributed by atoms with Crippen LogP contribution in [0.15, 0.2) is 48.6 Å². The van der Waals surface area contributed by atoms with Crippen LogP contribution in [0.3, 0.4) is 0 Å². The van der Waals surface area contributed by atoms with Crippen LogP contribution in [-0.4, -0.2) is 26.7 Å². The molecule has 0 radical (unpaired) electrons. The molecular formula is C17H20N4O. The van der Waals surface area contributed by atoms with Gasteiger partial charge in [0.25, 0.3) is 5.91 Å². The van der Waals surface area contributed by atoms with Crippen molar-refractivity contribution in [1.29, 1.82) is 0 Å². The predicted molar refractivity (Wildman–Crippen MR) is 84.8 cm³/mol. The van der Waals surface area contributed by atoms with Crippen LogP contribution in [0.1, 0.15) is 43.0 Å². The van der Waals surface area contributed by atoms with Gasteiger partial charge in [0.05, 0.1) is 0 Å². The molecule has 3 rings (SSSR count). The van der Waals surface area contributed by atoms with E-state index in [1.54, 1.807) is 17.2 Å². The molecule has 0 saturated heterocycles. The highest BCUT2D eigenvalue weighted by Gasteiger charge is 2.15. The van der Waals surface area contributed by atoms with Crippen LogP contribution in [0.25, 0.3) is 5.69 Å². The average molecular weight is 296 g/mol. The van der Waals surface area contributed by atoms with Gasteiger partial charge in [-0.15, -0.1) is 10.2 Å². The molecule has 22 heavy (non-hydrogen) atoms. The summed E-state index contributed by atoms with van der Waals surface area (Å²) in [6.45, 7) is 2.06. The Kier molecular flexibility index (Phi) is 4.32. The molecule has 1 aliphatic carbocycles. The van der Waals surface area contributed by atoms with Gasteiger partial charge < -0.3 is 5.32 Å². The lowest BCUT2D eigenvalue weighted by atomic mass is 9.94. The third-order valence-electron chi connectivity index (χ3n) is 4.08. The number of hydrogen-bond donors (Lipinski definition) is 1. The summed E-state index contributed by atoms with van der Waals surface area (Å²) in [4.78, 5) is 12.3. The van der Waals surface area contributed by atoms with Crippen molar-refractivity contribution in [2.45, 2.75) is 38.6 Å². The van der Waals surface area contributed by atoms with Crippen LogP contribution in [0.2, 0.25) is 0 Å². The largest absolute Gasteiger partial charge is 0.346 e. The normalized spacial score (nSPS) is 16.0. The number of benzene rings is 1. The molecule has 0 fully saturated rings. The van der Waals surface area contributed by atoms with Crippen LogP contribution in [0.4, 0.5) is 0 Å². The van der Waals surface area contributed by atoms with Crippen LogP contribution < -0.4 is 5.32 Å². The van der Waals surface area contributed by atoms with Gasteiger partial charge >= 0.3 is 0 Å². The quantitative estimate of drug-likeness (QED) is 0.883. The van der Waals surface area contributed by atoms with Crippen molar-refractivity contribution in [2.75, 3.05) is 0 Å². The summed E-state index contributed by atoms with van der Waals surface area (Å²) in [5.41, 5.74) is 2.95. The van der Waals surface area contributed by atoms with Crippen molar-refractivity contribution in [3.8, 4) is 5.69 Å². The Hall–Kier alpha value is -2.43. The van der Waals surface area contributed by atoms with Gasteiger partial charge in [-0.1, -0.05) is 11.6 Å². The van der Waals surface area contributed by atoms with Gasteiger partial charge in [0.2, 0.25) is 0 Å². The lowest BCUT2D eigenvalue weighted by Crippen LogP contribution is -2.34. The molecule has 1 atom stereocenters. The molecule has 0 aliphatic heterocycles.